The highest BCUT2D eigenvalue weighted by atomic mass is 16.5. The van der Waals surface area contributed by atoms with E-state index in [1.165, 1.54) is 5.69 Å². The summed E-state index contributed by atoms with van der Waals surface area (Å²) in [4.78, 5) is 6.71. The van der Waals surface area contributed by atoms with E-state index in [1.807, 2.05) is 12.3 Å². The van der Waals surface area contributed by atoms with Gasteiger partial charge in [-0.15, -0.1) is 0 Å². The van der Waals surface area contributed by atoms with Crippen LogP contribution in [0.1, 0.15) is 25.0 Å². The van der Waals surface area contributed by atoms with Crippen molar-refractivity contribution in [3.8, 4) is 0 Å². The molecule has 1 N–H and O–H groups in total. The Kier molecular flexibility index (Phi) is 6.98. The molecule has 2 heterocycles. The second-order valence-electron chi connectivity index (χ2n) is 5.55. The topological polar surface area (TPSA) is 37.4 Å². The number of nitrogens with zero attached hydrogens (tertiary/aromatic N) is 2. The maximum absolute atomic E-state index is 5.92. The lowest BCUT2D eigenvalue weighted by Gasteiger charge is -2.23. The minimum absolute atomic E-state index is 0.482. The van der Waals surface area contributed by atoms with E-state index < -0.39 is 0 Å². The van der Waals surface area contributed by atoms with E-state index in [4.69, 9.17) is 4.74 Å². The molecule has 4 nitrogen and oxygen atoms in total. The number of hydrogen-bond donors (Lipinski definition) is 1. The van der Waals surface area contributed by atoms with E-state index in [1.54, 1.807) is 0 Å². The zero-order valence-corrected chi connectivity index (χ0v) is 12.6. The highest BCUT2D eigenvalue weighted by Gasteiger charge is 2.12. The third kappa shape index (κ3) is 5.99. The fraction of sp³-hybridized carbons (Fsp3) is 0.688. The standard InChI is InChI=1S/C16H27N3O/c1-19(13-8-15-5-2-3-9-18-15)12-4-14-20-16-6-10-17-11-7-16/h2-3,5,9,16-17H,4,6-8,10-14H2,1H3. The van der Waals surface area contributed by atoms with E-state index in [0.717, 1.165) is 58.5 Å². The molecule has 0 radical (unpaired) electrons. The monoisotopic (exact) mass is 277 g/mol. The van der Waals surface area contributed by atoms with Crippen LogP contribution in [0, 0.1) is 0 Å². The third-order valence-electron chi connectivity index (χ3n) is 3.80. The predicted octanol–water partition coefficient (Wildman–Crippen LogP) is 1.71. The Labute approximate surface area is 122 Å². The van der Waals surface area contributed by atoms with Crippen molar-refractivity contribution >= 4 is 0 Å². The first kappa shape index (κ1) is 15.4. The van der Waals surface area contributed by atoms with Crippen molar-refractivity contribution in [2.45, 2.75) is 31.8 Å². The molecule has 1 saturated heterocycles. The number of piperidine rings is 1. The van der Waals surface area contributed by atoms with Crippen molar-refractivity contribution in [3.63, 3.8) is 0 Å². The van der Waals surface area contributed by atoms with Gasteiger partial charge in [-0.25, -0.2) is 0 Å². The van der Waals surface area contributed by atoms with Gasteiger partial charge >= 0.3 is 0 Å². The zero-order valence-electron chi connectivity index (χ0n) is 12.6. The molecule has 1 aromatic rings. The van der Waals surface area contributed by atoms with Crippen molar-refractivity contribution in [1.82, 2.24) is 15.2 Å². The highest BCUT2D eigenvalue weighted by molar-refractivity contribution is 5.03. The fourth-order valence-corrected chi connectivity index (χ4v) is 2.51. The Morgan fingerprint density at radius 2 is 2.15 bits per heavy atom. The molecule has 0 aliphatic carbocycles. The fourth-order valence-electron chi connectivity index (χ4n) is 2.51. The van der Waals surface area contributed by atoms with Gasteiger partial charge in [-0.1, -0.05) is 6.07 Å². The van der Waals surface area contributed by atoms with E-state index in [-0.39, 0.29) is 0 Å². The number of ether oxygens (including phenoxy) is 1. The van der Waals surface area contributed by atoms with Crippen LogP contribution in [0.15, 0.2) is 24.4 Å². The van der Waals surface area contributed by atoms with Crippen LogP contribution >= 0.6 is 0 Å². The molecule has 1 aliphatic rings. The molecular weight excluding hydrogens is 250 g/mol. The normalized spacial score (nSPS) is 16.7. The minimum atomic E-state index is 0.482. The van der Waals surface area contributed by atoms with Gasteiger partial charge in [-0.05, 0) is 51.5 Å². The van der Waals surface area contributed by atoms with Crippen LogP contribution in [0.5, 0.6) is 0 Å². The summed E-state index contributed by atoms with van der Waals surface area (Å²) < 4.78 is 5.92. The molecule has 4 heteroatoms. The molecule has 1 fully saturated rings. The molecule has 2 rings (SSSR count). The number of nitrogens with one attached hydrogen (secondary N) is 1. The molecule has 0 bridgehead atoms. The smallest absolute Gasteiger partial charge is 0.0599 e. The molecule has 0 atom stereocenters. The Balaban J connectivity index is 1.50. The Hall–Kier alpha value is -0.970. The maximum Gasteiger partial charge on any atom is 0.0599 e. The SMILES string of the molecule is CN(CCCOC1CCNCC1)CCc1ccccn1. The molecule has 20 heavy (non-hydrogen) atoms. The van der Waals surface area contributed by atoms with Crippen LogP contribution < -0.4 is 5.32 Å². The van der Waals surface area contributed by atoms with Gasteiger partial charge < -0.3 is 15.0 Å². The number of likely N-dealkylation sites (N-methyl/N-ethyl adjacent to an activating group) is 1. The first-order chi connectivity index (χ1) is 9.84. The van der Waals surface area contributed by atoms with Gasteiger partial charge in [-0.2, -0.15) is 0 Å². The van der Waals surface area contributed by atoms with Crippen molar-refractivity contribution in [2.75, 3.05) is 39.8 Å². The molecule has 0 spiro atoms. The van der Waals surface area contributed by atoms with Gasteiger partial charge in [0.15, 0.2) is 0 Å². The maximum atomic E-state index is 5.92. The van der Waals surface area contributed by atoms with Crippen LogP contribution in [0.3, 0.4) is 0 Å². The average molecular weight is 277 g/mol. The van der Waals surface area contributed by atoms with Crippen molar-refractivity contribution < 1.29 is 4.74 Å². The van der Waals surface area contributed by atoms with Gasteiger partial charge in [0.1, 0.15) is 0 Å². The Morgan fingerprint density at radius 1 is 1.30 bits per heavy atom. The molecule has 112 valence electrons. The predicted molar refractivity (Wildman–Crippen MR) is 81.9 cm³/mol. The van der Waals surface area contributed by atoms with E-state index in [0.29, 0.717) is 6.10 Å². The van der Waals surface area contributed by atoms with E-state index >= 15 is 0 Å². The lowest BCUT2D eigenvalue weighted by atomic mass is 10.1. The zero-order chi connectivity index (χ0) is 14.0. The number of pyridine rings is 1. The largest absolute Gasteiger partial charge is 0.378 e. The average Bonchev–Trinajstić information content (AvgIpc) is 2.52. The van der Waals surface area contributed by atoms with Crippen molar-refractivity contribution in [1.29, 1.82) is 0 Å². The van der Waals surface area contributed by atoms with E-state index in [2.05, 4.69) is 34.4 Å². The highest BCUT2D eigenvalue weighted by Crippen LogP contribution is 2.07. The van der Waals surface area contributed by atoms with Crippen LogP contribution in [0.25, 0.3) is 0 Å². The summed E-state index contributed by atoms with van der Waals surface area (Å²) in [6.45, 7) is 5.25. The number of rotatable bonds is 8. The Bertz CT molecular complexity index is 352. The van der Waals surface area contributed by atoms with Gasteiger partial charge in [0.2, 0.25) is 0 Å². The summed E-state index contributed by atoms with van der Waals surface area (Å²) in [5.41, 5.74) is 1.17. The van der Waals surface area contributed by atoms with Gasteiger partial charge in [0.05, 0.1) is 6.10 Å². The van der Waals surface area contributed by atoms with Crippen LogP contribution in [-0.2, 0) is 11.2 Å². The van der Waals surface area contributed by atoms with Crippen molar-refractivity contribution in [2.24, 2.45) is 0 Å². The van der Waals surface area contributed by atoms with Gasteiger partial charge in [0, 0.05) is 38.0 Å². The quantitative estimate of drug-likeness (QED) is 0.734. The number of aromatic nitrogens is 1. The first-order valence-electron chi connectivity index (χ1n) is 7.75. The Morgan fingerprint density at radius 3 is 2.90 bits per heavy atom. The molecule has 1 aromatic heterocycles. The summed E-state index contributed by atoms with van der Waals surface area (Å²) in [7, 11) is 2.17. The second-order valence-corrected chi connectivity index (χ2v) is 5.55. The lowest BCUT2D eigenvalue weighted by Crippen LogP contribution is -2.33. The molecule has 0 saturated carbocycles. The third-order valence-corrected chi connectivity index (χ3v) is 3.80. The summed E-state index contributed by atoms with van der Waals surface area (Å²) in [5, 5.41) is 3.36. The summed E-state index contributed by atoms with van der Waals surface area (Å²) in [5.74, 6) is 0. The lowest BCUT2D eigenvalue weighted by molar-refractivity contribution is 0.0287. The first-order valence-corrected chi connectivity index (χ1v) is 7.75. The summed E-state index contributed by atoms with van der Waals surface area (Å²) >= 11 is 0. The van der Waals surface area contributed by atoms with Gasteiger partial charge in [-0.3, -0.25) is 4.98 Å². The van der Waals surface area contributed by atoms with Crippen molar-refractivity contribution in [3.05, 3.63) is 30.1 Å². The molecule has 0 unspecified atom stereocenters. The molecular formula is C16H27N3O. The van der Waals surface area contributed by atoms with Gasteiger partial charge in [0.25, 0.3) is 0 Å². The second kappa shape index (κ2) is 9.06. The van der Waals surface area contributed by atoms with Crippen LogP contribution in [-0.4, -0.2) is 55.8 Å². The minimum Gasteiger partial charge on any atom is -0.378 e. The number of hydrogen-bond acceptors (Lipinski definition) is 4. The summed E-state index contributed by atoms with van der Waals surface area (Å²) in [6, 6.07) is 6.11. The summed E-state index contributed by atoms with van der Waals surface area (Å²) in [6.07, 6.45) is 6.80. The molecule has 0 amide bonds. The van der Waals surface area contributed by atoms with Crippen LogP contribution in [0.2, 0.25) is 0 Å². The molecule has 1 aliphatic heterocycles. The van der Waals surface area contributed by atoms with Crippen LogP contribution in [0.4, 0.5) is 0 Å². The molecule has 0 aromatic carbocycles. The van der Waals surface area contributed by atoms with E-state index in [9.17, 15) is 0 Å².